The third-order valence-electron chi connectivity index (χ3n) is 1.55. The van der Waals surface area contributed by atoms with Gasteiger partial charge in [0.15, 0.2) is 0 Å². The molecule has 0 saturated carbocycles. The summed E-state index contributed by atoms with van der Waals surface area (Å²) in [6.45, 7) is 1.70. The molecule has 11 heavy (non-hydrogen) atoms. The van der Waals surface area contributed by atoms with Crippen molar-refractivity contribution >= 4 is 5.69 Å². The van der Waals surface area contributed by atoms with E-state index in [1.165, 1.54) is 12.1 Å². The van der Waals surface area contributed by atoms with Gasteiger partial charge in [-0.25, -0.2) is 0 Å². The van der Waals surface area contributed by atoms with E-state index >= 15 is 0 Å². The minimum absolute atomic E-state index is 0.0709. The van der Waals surface area contributed by atoms with Gasteiger partial charge in [-0.3, -0.25) is 0 Å². The van der Waals surface area contributed by atoms with Crippen LogP contribution in [0, 0.1) is 18.3 Å². The van der Waals surface area contributed by atoms with Crippen LogP contribution >= 0.6 is 0 Å². The zero-order chi connectivity index (χ0) is 8.43. The van der Waals surface area contributed by atoms with E-state index in [4.69, 9.17) is 11.0 Å². The number of phenols is 1. The number of nitrogen functional groups attached to an aromatic ring is 1. The Bertz CT molecular complexity index is 302. The monoisotopic (exact) mass is 148 g/mol. The molecule has 3 N–H and O–H groups in total. The van der Waals surface area contributed by atoms with Gasteiger partial charge in [0, 0.05) is 11.3 Å². The predicted octanol–water partition coefficient (Wildman–Crippen LogP) is 1.15. The molecule has 0 aliphatic rings. The van der Waals surface area contributed by atoms with Gasteiger partial charge in [-0.15, -0.1) is 0 Å². The van der Waals surface area contributed by atoms with E-state index in [-0.39, 0.29) is 5.75 Å². The van der Waals surface area contributed by atoms with E-state index in [0.717, 1.165) is 0 Å². The lowest BCUT2D eigenvalue weighted by atomic mass is 10.1. The van der Waals surface area contributed by atoms with Crippen molar-refractivity contribution in [1.29, 1.82) is 5.26 Å². The smallest absolute Gasteiger partial charge is 0.121 e. The fourth-order valence-corrected chi connectivity index (χ4v) is 0.785. The molecule has 1 rings (SSSR count). The van der Waals surface area contributed by atoms with Crippen molar-refractivity contribution in [3.8, 4) is 11.8 Å². The van der Waals surface area contributed by atoms with Crippen LogP contribution in [0.2, 0.25) is 0 Å². The number of phenolic OH excluding ortho intramolecular Hbond substituents is 1. The number of rotatable bonds is 0. The van der Waals surface area contributed by atoms with Gasteiger partial charge in [0.25, 0.3) is 0 Å². The van der Waals surface area contributed by atoms with E-state index in [1.807, 2.05) is 6.07 Å². The van der Waals surface area contributed by atoms with Crippen LogP contribution in [0.3, 0.4) is 0 Å². The van der Waals surface area contributed by atoms with Crippen molar-refractivity contribution in [3.05, 3.63) is 23.3 Å². The lowest BCUT2D eigenvalue weighted by molar-refractivity contribution is 0.471. The molecule has 0 atom stereocenters. The lowest BCUT2D eigenvalue weighted by Gasteiger charge is -2.01. The molecule has 0 aliphatic heterocycles. The first-order valence-corrected chi connectivity index (χ1v) is 3.14. The summed E-state index contributed by atoms with van der Waals surface area (Å²) < 4.78 is 0. The van der Waals surface area contributed by atoms with Gasteiger partial charge in [-0.1, -0.05) is 0 Å². The second-order valence-corrected chi connectivity index (χ2v) is 2.32. The largest absolute Gasteiger partial charge is 0.508 e. The van der Waals surface area contributed by atoms with Crippen LogP contribution in [0.1, 0.15) is 11.1 Å². The van der Waals surface area contributed by atoms with E-state index in [2.05, 4.69) is 0 Å². The summed E-state index contributed by atoms with van der Waals surface area (Å²) in [5, 5.41) is 17.6. The summed E-state index contributed by atoms with van der Waals surface area (Å²) >= 11 is 0. The Morgan fingerprint density at radius 2 is 2.18 bits per heavy atom. The second kappa shape index (κ2) is 2.51. The van der Waals surface area contributed by atoms with Crippen LogP contribution in [-0.4, -0.2) is 5.11 Å². The number of nitriles is 1. The first kappa shape index (κ1) is 7.42. The molecule has 56 valence electrons. The number of nitrogens with two attached hydrogens (primary N) is 1. The average molecular weight is 148 g/mol. The maximum atomic E-state index is 9.18. The van der Waals surface area contributed by atoms with Gasteiger partial charge in [-0.05, 0) is 19.1 Å². The second-order valence-electron chi connectivity index (χ2n) is 2.32. The minimum Gasteiger partial charge on any atom is -0.508 e. The van der Waals surface area contributed by atoms with Crippen LogP contribution in [0.15, 0.2) is 12.1 Å². The van der Waals surface area contributed by atoms with Gasteiger partial charge < -0.3 is 10.8 Å². The molecule has 3 nitrogen and oxygen atoms in total. The Labute approximate surface area is 64.7 Å². The summed E-state index contributed by atoms with van der Waals surface area (Å²) in [5.74, 6) is 0.0709. The molecular weight excluding hydrogens is 140 g/mol. The normalized spacial score (nSPS) is 9.09. The van der Waals surface area contributed by atoms with Crippen molar-refractivity contribution in [2.75, 3.05) is 5.73 Å². The maximum Gasteiger partial charge on any atom is 0.121 e. The number of aromatic hydroxyl groups is 1. The molecule has 0 radical (unpaired) electrons. The molecular formula is C8H8N2O. The lowest BCUT2D eigenvalue weighted by Crippen LogP contribution is -1.90. The van der Waals surface area contributed by atoms with Gasteiger partial charge in [0.05, 0.1) is 11.6 Å². The molecule has 0 fully saturated rings. The molecule has 0 spiro atoms. The highest BCUT2D eigenvalue weighted by Gasteiger charge is 2.01. The molecule has 1 aromatic carbocycles. The molecule has 0 aromatic heterocycles. The molecule has 0 amide bonds. The van der Waals surface area contributed by atoms with Crippen molar-refractivity contribution in [3.63, 3.8) is 0 Å². The molecule has 0 unspecified atom stereocenters. The summed E-state index contributed by atoms with van der Waals surface area (Å²) in [6.07, 6.45) is 0. The quantitative estimate of drug-likeness (QED) is 0.542. The Morgan fingerprint density at radius 1 is 1.55 bits per heavy atom. The van der Waals surface area contributed by atoms with Crippen LogP contribution in [0.5, 0.6) is 5.75 Å². The summed E-state index contributed by atoms with van der Waals surface area (Å²) in [6, 6.07) is 4.83. The maximum absolute atomic E-state index is 9.18. The molecule has 0 aliphatic carbocycles. The Balaban J connectivity index is 3.35. The van der Waals surface area contributed by atoms with Gasteiger partial charge in [-0.2, -0.15) is 5.26 Å². The van der Waals surface area contributed by atoms with Crippen molar-refractivity contribution in [2.45, 2.75) is 6.92 Å². The number of anilines is 1. The summed E-state index contributed by atoms with van der Waals surface area (Å²) in [4.78, 5) is 0. The number of nitrogens with zero attached hydrogens (tertiary/aromatic N) is 1. The highest BCUT2D eigenvalue weighted by Crippen LogP contribution is 2.23. The van der Waals surface area contributed by atoms with Gasteiger partial charge in [0.1, 0.15) is 5.75 Å². The minimum atomic E-state index is 0.0709. The highest BCUT2D eigenvalue weighted by atomic mass is 16.3. The standard InChI is InChI=1S/C8H8N2O/c1-5-7(10)2-6(4-9)3-8(5)11/h2-3,11H,10H2,1H3. The molecule has 0 bridgehead atoms. The third-order valence-corrected chi connectivity index (χ3v) is 1.55. The van der Waals surface area contributed by atoms with E-state index < -0.39 is 0 Å². The average Bonchev–Trinajstić information content (AvgIpc) is 1.99. The van der Waals surface area contributed by atoms with Crippen LogP contribution in [-0.2, 0) is 0 Å². The van der Waals surface area contributed by atoms with E-state index in [0.29, 0.717) is 16.8 Å². The Morgan fingerprint density at radius 3 is 2.64 bits per heavy atom. The molecule has 0 saturated heterocycles. The SMILES string of the molecule is Cc1c(N)cc(C#N)cc1O. The number of hydrogen-bond acceptors (Lipinski definition) is 3. The van der Waals surface area contributed by atoms with Crippen molar-refractivity contribution in [1.82, 2.24) is 0 Å². The predicted molar refractivity (Wildman–Crippen MR) is 42.0 cm³/mol. The summed E-state index contributed by atoms with van der Waals surface area (Å²) in [5.41, 5.74) is 6.93. The van der Waals surface area contributed by atoms with Crippen molar-refractivity contribution < 1.29 is 5.11 Å². The first-order valence-electron chi connectivity index (χ1n) is 3.14. The van der Waals surface area contributed by atoms with Crippen molar-refractivity contribution in [2.24, 2.45) is 0 Å². The van der Waals surface area contributed by atoms with Crippen LogP contribution in [0.25, 0.3) is 0 Å². The van der Waals surface area contributed by atoms with E-state index in [9.17, 15) is 5.11 Å². The Hall–Kier alpha value is -1.69. The van der Waals surface area contributed by atoms with Crippen LogP contribution < -0.4 is 5.73 Å². The zero-order valence-electron chi connectivity index (χ0n) is 6.13. The highest BCUT2D eigenvalue weighted by molar-refractivity contribution is 5.57. The fraction of sp³-hybridized carbons (Fsp3) is 0.125. The zero-order valence-corrected chi connectivity index (χ0v) is 6.13. The molecule has 3 heteroatoms. The Kier molecular flexibility index (Phi) is 1.69. The number of hydrogen-bond donors (Lipinski definition) is 2. The third kappa shape index (κ3) is 1.24. The molecule has 1 aromatic rings. The van der Waals surface area contributed by atoms with Gasteiger partial charge in [0.2, 0.25) is 0 Å². The van der Waals surface area contributed by atoms with Gasteiger partial charge >= 0.3 is 0 Å². The van der Waals surface area contributed by atoms with E-state index in [1.54, 1.807) is 6.92 Å². The number of benzene rings is 1. The molecule has 0 heterocycles. The first-order chi connectivity index (χ1) is 5.15. The topological polar surface area (TPSA) is 70.0 Å². The van der Waals surface area contributed by atoms with Crippen LogP contribution in [0.4, 0.5) is 5.69 Å². The fourth-order valence-electron chi connectivity index (χ4n) is 0.785. The summed E-state index contributed by atoms with van der Waals surface area (Å²) in [7, 11) is 0.